The van der Waals surface area contributed by atoms with E-state index in [1.807, 2.05) is 38.1 Å². The van der Waals surface area contributed by atoms with E-state index in [-0.39, 0.29) is 12.0 Å². The summed E-state index contributed by atoms with van der Waals surface area (Å²) >= 11 is 1.66. The molecular formula is C16H25NO3S. The number of hydrogen-bond donors (Lipinski definition) is 0. The molecule has 1 rings (SSSR count). The highest BCUT2D eigenvalue weighted by atomic mass is 32.2. The third-order valence-corrected chi connectivity index (χ3v) is 4.13. The van der Waals surface area contributed by atoms with Crippen LogP contribution in [0.15, 0.2) is 23.1 Å². The summed E-state index contributed by atoms with van der Waals surface area (Å²) in [6.07, 6.45) is 2.76. The largest absolute Gasteiger partial charge is 0.496 e. The third kappa shape index (κ3) is 4.93. The molecule has 1 unspecified atom stereocenters. The van der Waals surface area contributed by atoms with Gasteiger partial charge >= 0.3 is 5.97 Å². The summed E-state index contributed by atoms with van der Waals surface area (Å²) < 4.78 is 10.5. The van der Waals surface area contributed by atoms with Gasteiger partial charge in [0.2, 0.25) is 0 Å². The van der Waals surface area contributed by atoms with Gasteiger partial charge in [0.05, 0.1) is 13.7 Å². The van der Waals surface area contributed by atoms with Crippen LogP contribution in [0.1, 0.15) is 25.8 Å². The van der Waals surface area contributed by atoms with Gasteiger partial charge in [0.15, 0.2) is 0 Å². The monoisotopic (exact) mass is 311 g/mol. The smallest absolute Gasteiger partial charge is 0.323 e. The molecule has 0 spiro atoms. The number of likely N-dealkylation sites (N-methyl/N-ethyl adjacent to an activating group) is 1. The van der Waals surface area contributed by atoms with Crippen molar-refractivity contribution in [3.05, 3.63) is 23.8 Å². The van der Waals surface area contributed by atoms with E-state index in [2.05, 4.69) is 12.1 Å². The first-order chi connectivity index (χ1) is 10.1. The van der Waals surface area contributed by atoms with Gasteiger partial charge in [0, 0.05) is 11.4 Å². The van der Waals surface area contributed by atoms with E-state index in [4.69, 9.17) is 9.47 Å². The first-order valence-electron chi connectivity index (χ1n) is 7.15. The van der Waals surface area contributed by atoms with Crippen molar-refractivity contribution in [1.29, 1.82) is 0 Å². The molecule has 0 bridgehead atoms. The van der Waals surface area contributed by atoms with E-state index in [1.54, 1.807) is 18.9 Å². The Morgan fingerprint density at radius 1 is 1.38 bits per heavy atom. The zero-order valence-corrected chi connectivity index (χ0v) is 14.3. The molecule has 0 fully saturated rings. The number of methoxy groups -OCH3 is 1. The summed E-state index contributed by atoms with van der Waals surface area (Å²) in [5, 5.41) is 0. The average molecular weight is 311 g/mol. The Hall–Kier alpha value is -1.20. The van der Waals surface area contributed by atoms with E-state index >= 15 is 0 Å². The van der Waals surface area contributed by atoms with Crippen molar-refractivity contribution in [2.75, 3.05) is 27.0 Å². The maximum Gasteiger partial charge on any atom is 0.323 e. The molecule has 0 saturated heterocycles. The van der Waals surface area contributed by atoms with E-state index < -0.39 is 0 Å². The molecule has 0 heterocycles. The molecule has 118 valence electrons. The van der Waals surface area contributed by atoms with Crippen LogP contribution in [0.25, 0.3) is 0 Å². The fourth-order valence-electron chi connectivity index (χ4n) is 2.27. The van der Waals surface area contributed by atoms with Crippen LogP contribution in [-0.2, 0) is 16.1 Å². The predicted molar refractivity (Wildman–Crippen MR) is 87.0 cm³/mol. The molecule has 0 amide bonds. The van der Waals surface area contributed by atoms with E-state index in [1.165, 1.54) is 0 Å². The summed E-state index contributed by atoms with van der Waals surface area (Å²) in [6, 6.07) is 5.94. The van der Waals surface area contributed by atoms with Gasteiger partial charge in [-0.1, -0.05) is 13.0 Å². The first-order valence-corrected chi connectivity index (χ1v) is 8.37. The fraction of sp³-hybridized carbons (Fsp3) is 0.562. The van der Waals surface area contributed by atoms with Gasteiger partial charge in [-0.3, -0.25) is 9.69 Å². The summed E-state index contributed by atoms with van der Waals surface area (Å²) in [6.45, 7) is 4.92. The Morgan fingerprint density at radius 2 is 2.10 bits per heavy atom. The third-order valence-electron chi connectivity index (χ3n) is 3.36. The highest BCUT2D eigenvalue weighted by Gasteiger charge is 2.22. The maximum atomic E-state index is 11.9. The van der Waals surface area contributed by atoms with Crippen molar-refractivity contribution >= 4 is 17.7 Å². The normalized spacial score (nSPS) is 12.3. The SMILES string of the molecule is CCOC(=O)C(CC)N(C)Cc1ccc(SC)c(OC)c1. The van der Waals surface area contributed by atoms with Crippen LogP contribution in [0.2, 0.25) is 0 Å². The van der Waals surface area contributed by atoms with Crippen molar-refractivity contribution in [2.24, 2.45) is 0 Å². The molecule has 5 heteroatoms. The molecule has 4 nitrogen and oxygen atoms in total. The highest BCUT2D eigenvalue weighted by molar-refractivity contribution is 7.98. The van der Waals surface area contributed by atoms with Crippen LogP contribution in [0.3, 0.4) is 0 Å². The number of carbonyl (C=O) groups excluding carboxylic acids is 1. The molecule has 1 aromatic rings. The molecule has 0 N–H and O–H groups in total. The van der Waals surface area contributed by atoms with Gasteiger partial charge in [-0.25, -0.2) is 0 Å². The van der Waals surface area contributed by atoms with Crippen molar-refractivity contribution in [1.82, 2.24) is 4.90 Å². The second-order valence-electron chi connectivity index (χ2n) is 4.78. The summed E-state index contributed by atoms with van der Waals surface area (Å²) in [5.41, 5.74) is 1.12. The van der Waals surface area contributed by atoms with Crippen molar-refractivity contribution in [3.63, 3.8) is 0 Å². The summed E-state index contributed by atoms with van der Waals surface area (Å²) in [4.78, 5) is 15.1. The predicted octanol–water partition coefficient (Wildman–Crippen LogP) is 3.19. The zero-order valence-electron chi connectivity index (χ0n) is 13.5. The van der Waals surface area contributed by atoms with Crippen LogP contribution >= 0.6 is 11.8 Å². The van der Waals surface area contributed by atoms with Crippen molar-refractivity contribution in [3.8, 4) is 5.75 Å². The number of benzene rings is 1. The van der Waals surface area contributed by atoms with Crippen LogP contribution < -0.4 is 4.74 Å². The molecule has 0 saturated carbocycles. The lowest BCUT2D eigenvalue weighted by Crippen LogP contribution is -2.38. The Kier molecular flexibility index (Phi) is 7.61. The molecule has 0 radical (unpaired) electrons. The first kappa shape index (κ1) is 17.9. The minimum atomic E-state index is -0.212. The van der Waals surface area contributed by atoms with Gasteiger partial charge in [0.1, 0.15) is 11.8 Å². The minimum absolute atomic E-state index is 0.157. The van der Waals surface area contributed by atoms with Gasteiger partial charge < -0.3 is 9.47 Å². The number of rotatable bonds is 8. The average Bonchev–Trinajstić information content (AvgIpc) is 2.48. The Balaban J connectivity index is 2.81. The zero-order chi connectivity index (χ0) is 15.8. The van der Waals surface area contributed by atoms with E-state index in [0.29, 0.717) is 13.2 Å². The van der Waals surface area contributed by atoms with Crippen LogP contribution in [0.5, 0.6) is 5.75 Å². The number of carbonyl (C=O) groups is 1. The van der Waals surface area contributed by atoms with Gasteiger partial charge in [-0.05, 0) is 44.3 Å². The molecular weight excluding hydrogens is 286 g/mol. The second kappa shape index (κ2) is 8.95. The molecule has 0 aliphatic carbocycles. The number of nitrogens with zero attached hydrogens (tertiary/aromatic N) is 1. The minimum Gasteiger partial charge on any atom is -0.496 e. The lowest BCUT2D eigenvalue weighted by Gasteiger charge is -2.25. The fourth-order valence-corrected chi connectivity index (χ4v) is 2.82. The van der Waals surface area contributed by atoms with Crippen LogP contribution in [0.4, 0.5) is 0 Å². The molecule has 1 atom stereocenters. The van der Waals surface area contributed by atoms with Crippen LogP contribution in [-0.4, -0.2) is 43.9 Å². The summed E-state index contributed by atoms with van der Waals surface area (Å²) in [5.74, 6) is 0.716. The summed E-state index contributed by atoms with van der Waals surface area (Å²) in [7, 11) is 3.62. The highest BCUT2D eigenvalue weighted by Crippen LogP contribution is 2.28. The standard InChI is InChI=1S/C16H25NO3S/c1-6-13(16(18)20-7-2)17(3)11-12-8-9-15(21-5)14(10-12)19-4/h8-10,13H,6-7,11H2,1-5H3. The Morgan fingerprint density at radius 3 is 2.62 bits per heavy atom. The topological polar surface area (TPSA) is 38.8 Å². The molecule has 21 heavy (non-hydrogen) atoms. The van der Waals surface area contributed by atoms with Crippen LogP contribution in [0, 0.1) is 0 Å². The molecule has 0 aliphatic rings. The molecule has 0 aromatic heterocycles. The number of esters is 1. The molecule has 1 aromatic carbocycles. The second-order valence-corrected chi connectivity index (χ2v) is 5.63. The Bertz CT molecular complexity index is 465. The number of thioether (sulfide) groups is 1. The van der Waals surface area contributed by atoms with Gasteiger partial charge in [-0.15, -0.1) is 11.8 Å². The maximum absolute atomic E-state index is 11.9. The lowest BCUT2D eigenvalue weighted by atomic mass is 10.1. The lowest BCUT2D eigenvalue weighted by molar-refractivity contribution is -0.149. The quantitative estimate of drug-likeness (QED) is 0.544. The van der Waals surface area contributed by atoms with Gasteiger partial charge in [-0.2, -0.15) is 0 Å². The molecule has 0 aliphatic heterocycles. The van der Waals surface area contributed by atoms with Crippen molar-refractivity contribution < 1.29 is 14.3 Å². The Labute approximate surface area is 131 Å². The van der Waals surface area contributed by atoms with E-state index in [0.717, 1.165) is 22.6 Å². The van der Waals surface area contributed by atoms with E-state index in [9.17, 15) is 4.79 Å². The number of ether oxygens (including phenoxy) is 2. The van der Waals surface area contributed by atoms with Crippen molar-refractivity contribution in [2.45, 2.75) is 37.8 Å². The van der Waals surface area contributed by atoms with Gasteiger partial charge in [0.25, 0.3) is 0 Å². The number of hydrogen-bond acceptors (Lipinski definition) is 5.